The summed E-state index contributed by atoms with van der Waals surface area (Å²) >= 11 is 0. The molecule has 0 aromatic heterocycles. The topological polar surface area (TPSA) is 50.4 Å². The summed E-state index contributed by atoms with van der Waals surface area (Å²) in [6, 6.07) is 0. The Morgan fingerprint density at radius 3 is 2.75 bits per heavy atom. The van der Waals surface area contributed by atoms with Crippen LogP contribution in [0.2, 0.25) is 0 Å². The summed E-state index contributed by atoms with van der Waals surface area (Å²) in [5, 5.41) is 5.66. The van der Waals surface area contributed by atoms with E-state index in [0.717, 1.165) is 6.54 Å². The van der Waals surface area contributed by atoms with Crippen LogP contribution in [0, 0.1) is 0 Å². The minimum absolute atomic E-state index is 0.0574. The number of hydrogen-bond donors (Lipinski definition) is 2. The molecule has 0 fully saturated rings. The van der Waals surface area contributed by atoms with Crippen LogP contribution in [0.1, 0.15) is 13.3 Å². The maximum atomic E-state index is 10.9. The lowest BCUT2D eigenvalue weighted by atomic mass is 10.4. The van der Waals surface area contributed by atoms with E-state index in [-0.39, 0.29) is 5.91 Å². The SMILES string of the molecule is CCNC(=O)CCOCCNC. The molecular formula is C8H18N2O2. The fourth-order valence-corrected chi connectivity index (χ4v) is 0.727. The van der Waals surface area contributed by atoms with E-state index in [1.807, 2.05) is 14.0 Å². The molecule has 12 heavy (non-hydrogen) atoms. The van der Waals surface area contributed by atoms with E-state index in [0.29, 0.717) is 26.2 Å². The molecule has 4 nitrogen and oxygen atoms in total. The van der Waals surface area contributed by atoms with Gasteiger partial charge in [0.25, 0.3) is 0 Å². The van der Waals surface area contributed by atoms with Gasteiger partial charge < -0.3 is 15.4 Å². The highest BCUT2D eigenvalue weighted by atomic mass is 16.5. The van der Waals surface area contributed by atoms with Crippen LogP contribution in [0.15, 0.2) is 0 Å². The molecule has 2 N–H and O–H groups in total. The van der Waals surface area contributed by atoms with Gasteiger partial charge in [0, 0.05) is 19.5 Å². The third-order valence-electron chi connectivity index (χ3n) is 1.34. The third kappa shape index (κ3) is 7.50. The van der Waals surface area contributed by atoms with Gasteiger partial charge in [-0.2, -0.15) is 0 Å². The van der Waals surface area contributed by atoms with Crippen LogP contribution in [0.25, 0.3) is 0 Å². The highest BCUT2D eigenvalue weighted by Crippen LogP contribution is 1.81. The van der Waals surface area contributed by atoms with E-state index >= 15 is 0 Å². The molecule has 4 heteroatoms. The van der Waals surface area contributed by atoms with Gasteiger partial charge in [0.1, 0.15) is 0 Å². The zero-order valence-electron chi connectivity index (χ0n) is 7.85. The predicted octanol–water partition coefficient (Wildman–Crippen LogP) is -0.251. The summed E-state index contributed by atoms with van der Waals surface area (Å²) in [4.78, 5) is 10.9. The Balaban J connectivity index is 3.03. The predicted molar refractivity (Wildman–Crippen MR) is 48.0 cm³/mol. The lowest BCUT2D eigenvalue weighted by Crippen LogP contribution is -2.24. The van der Waals surface area contributed by atoms with Crippen LogP contribution in [0.5, 0.6) is 0 Å². The average Bonchev–Trinajstić information content (AvgIpc) is 2.05. The molecule has 0 saturated carbocycles. The number of nitrogens with one attached hydrogen (secondary N) is 2. The van der Waals surface area contributed by atoms with Crippen molar-refractivity contribution in [3.05, 3.63) is 0 Å². The number of ether oxygens (including phenoxy) is 1. The second kappa shape index (κ2) is 8.49. The molecule has 0 rings (SSSR count). The van der Waals surface area contributed by atoms with Crippen LogP contribution < -0.4 is 10.6 Å². The third-order valence-corrected chi connectivity index (χ3v) is 1.34. The fourth-order valence-electron chi connectivity index (χ4n) is 0.727. The largest absolute Gasteiger partial charge is 0.380 e. The molecule has 0 atom stereocenters. The number of carbonyl (C=O) groups excluding carboxylic acids is 1. The van der Waals surface area contributed by atoms with Crippen molar-refractivity contribution < 1.29 is 9.53 Å². The lowest BCUT2D eigenvalue weighted by Gasteiger charge is -2.03. The highest BCUT2D eigenvalue weighted by Gasteiger charge is 1.97. The van der Waals surface area contributed by atoms with Crippen molar-refractivity contribution in [1.29, 1.82) is 0 Å². The Bertz CT molecular complexity index is 118. The van der Waals surface area contributed by atoms with Gasteiger partial charge in [0.05, 0.1) is 13.2 Å². The molecule has 72 valence electrons. The zero-order valence-corrected chi connectivity index (χ0v) is 7.85. The summed E-state index contributed by atoms with van der Waals surface area (Å²) in [5.41, 5.74) is 0. The second-order valence-electron chi connectivity index (χ2n) is 2.42. The van der Waals surface area contributed by atoms with Crippen LogP contribution in [-0.4, -0.2) is 39.3 Å². The normalized spacial score (nSPS) is 9.83. The zero-order chi connectivity index (χ0) is 9.23. The van der Waals surface area contributed by atoms with Gasteiger partial charge in [-0.05, 0) is 14.0 Å². The summed E-state index contributed by atoms with van der Waals surface area (Å²) < 4.78 is 5.17. The summed E-state index contributed by atoms with van der Waals surface area (Å²) in [6.07, 6.45) is 0.456. The Morgan fingerprint density at radius 2 is 2.17 bits per heavy atom. The van der Waals surface area contributed by atoms with E-state index in [9.17, 15) is 4.79 Å². The van der Waals surface area contributed by atoms with Gasteiger partial charge in [-0.25, -0.2) is 0 Å². The number of hydrogen-bond acceptors (Lipinski definition) is 3. The summed E-state index contributed by atoms with van der Waals surface area (Å²) in [7, 11) is 1.87. The lowest BCUT2D eigenvalue weighted by molar-refractivity contribution is -0.122. The van der Waals surface area contributed by atoms with Crippen LogP contribution >= 0.6 is 0 Å². The van der Waals surface area contributed by atoms with E-state index in [1.165, 1.54) is 0 Å². The van der Waals surface area contributed by atoms with Crippen molar-refractivity contribution in [2.75, 3.05) is 33.4 Å². The first-order chi connectivity index (χ1) is 5.81. The molecule has 0 aliphatic heterocycles. The first-order valence-corrected chi connectivity index (χ1v) is 4.30. The molecule has 0 radical (unpaired) electrons. The van der Waals surface area contributed by atoms with Crippen molar-refractivity contribution in [1.82, 2.24) is 10.6 Å². The molecule has 1 amide bonds. The Morgan fingerprint density at radius 1 is 1.42 bits per heavy atom. The molecule has 0 heterocycles. The molecule has 0 saturated heterocycles. The first kappa shape index (κ1) is 11.4. The quantitative estimate of drug-likeness (QED) is 0.523. The molecule has 0 aliphatic rings. The van der Waals surface area contributed by atoms with Gasteiger partial charge in [-0.15, -0.1) is 0 Å². The van der Waals surface area contributed by atoms with E-state index < -0.39 is 0 Å². The smallest absolute Gasteiger partial charge is 0.222 e. The molecule has 0 aliphatic carbocycles. The van der Waals surface area contributed by atoms with Crippen molar-refractivity contribution in [2.24, 2.45) is 0 Å². The Labute approximate surface area is 73.7 Å². The fraction of sp³-hybridized carbons (Fsp3) is 0.875. The Hall–Kier alpha value is -0.610. The van der Waals surface area contributed by atoms with E-state index in [1.54, 1.807) is 0 Å². The molecule has 0 aromatic rings. The highest BCUT2D eigenvalue weighted by molar-refractivity contribution is 5.75. The van der Waals surface area contributed by atoms with Gasteiger partial charge in [0.15, 0.2) is 0 Å². The van der Waals surface area contributed by atoms with Crippen LogP contribution in [0.3, 0.4) is 0 Å². The van der Waals surface area contributed by atoms with Crippen molar-refractivity contribution in [3.63, 3.8) is 0 Å². The van der Waals surface area contributed by atoms with Gasteiger partial charge in [-0.1, -0.05) is 0 Å². The number of amides is 1. The molecule has 0 bridgehead atoms. The molecule has 0 unspecified atom stereocenters. The average molecular weight is 174 g/mol. The molecule has 0 spiro atoms. The minimum atomic E-state index is 0.0574. The van der Waals surface area contributed by atoms with Crippen LogP contribution in [-0.2, 0) is 9.53 Å². The minimum Gasteiger partial charge on any atom is -0.380 e. The number of rotatable bonds is 7. The van der Waals surface area contributed by atoms with Gasteiger partial charge in [-0.3, -0.25) is 4.79 Å². The second-order valence-corrected chi connectivity index (χ2v) is 2.42. The molecule has 0 aromatic carbocycles. The van der Waals surface area contributed by atoms with E-state index in [2.05, 4.69) is 10.6 Å². The standard InChI is InChI=1S/C8H18N2O2/c1-3-10-8(11)4-6-12-7-5-9-2/h9H,3-7H2,1-2H3,(H,10,11). The molecular weight excluding hydrogens is 156 g/mol. The van der Waals surface area contributed by atoms with Crippen molar-refractivity contribution in [2.45, 2.75) is 13.3 Å². The Kier molecular flexibility index (Phi) is 8.05. The summed E-state index contributed by atoms with van der Waals surface area (Å²) in [6.45, 7) is 4.59. The van der Waals surface area contributed by atoms with Crippen LogP contribution in [0.4, 0.5) is 0 Å². The number of carbonyl (C=O) groups is 1. The first-order valence-electron chi connectivity index (χ1n) is 4.30. The maximum Gasteiger partial charge on any atom is 0.222 e. The van der Waals surface area contributed by atoms with Crippen molar-refractivity contribution >= 4 is 5.91 Å². The van der Waals surface area contributed by atoms with Gasteiger partial charge >= 0.3 is 0 Å². The monoisotopic (exact) mass is 174 g/mol. The van der Waals surface area contributed by atoms with Gasteiger partial charge in [0.2, 0.25) is 5.91 Å². The van der Waals surface area contributed by atoms with Crippen molar-refractivity contribution in [3.8, 4) is 0 Å². The maximum absolute atomic E-state index is 10.9. The van der Waals surface area contributed by atoms with E-state index in [4.69, 9.17) is 4.74 Å². The summed E-state index contributed by atoms with van der Waals surface area (Å²) in [5.74, 6) is 0.0574. The number of likely N-dealkylation sites (N-methyl/N-ethyl adjacent to an activating group) is 1.